The molecule has 1 aromatic rings. The molecule has 21 heavy (non-hydrogen) atoms. The van der Waals surface area contributed by atoms with Crippen LogP contribution in [-0.4, -0.2) is 37.7 Å². The molecule has 0 fully saturated rings. The minimum absolute atomic E-state index is 0.0167. The van der Waals surface area contributed by atoms with E-state index in [-0.39, 0.29) is 11.7 Å². The van der Waals surface area contributed by atoms with Gasteiger partial charge in [-0.2, -0.15) is 0 Å². The summed E-state index contributed by atoms with van der Waals surface area (Å²) in [6.45, 7) is 5.11. The van der Waals surface area contributed by atoms with Crippen LogP contribution in [0.15, 0.2) is 29.2 Å². The normalized spacial score (nSPS) is 10.7. The van der Waals surface area contributed by atoms with Crippen LogP contribution in [-0.2, 0) is 9.53 Å². The van der Waals surface area contributed by atoms with E-state index in [1.54, 1.807) is 7.11 Å². The summed E-state index contributed by atoms with van der Waals surface area (Å²) in [5.41, 5.74) is 0.734. The lowest BCUT2D eigenvalue weighted by Crippen LogP contribution is -2.28. The van der Waals surface area contributed by atoms with Gasteiger partial charge < -0.3 is 10.1 Å². The summed E-state index contributed by atoms with van der Waals surface area (Å²) in [6.07, 6.45) is 0.564. The minimum Gasteiger partial charge on any atom is -0.383 e. The van der Waals surface area contributed by atoms with Crippen molar-refractivity contribution in [2.45, 2.75) is 25.2 Å². The summed E-state index contributed by atoms with van der Waals surface area (Å²) in [4.78, 5) is 24.4. The number of thioether (sulfide) groups is 1. The number of ether oxygens (including phenoxy) is 1. The fourth-order valence-electron chi connectivity index (χ4n) is 1.72. The molecule has 0 unspecified atom stereocenters. The summed E-state index contributed by atoms with van der Waals surface area (Å²) in [5.74, 6) is 0.876. The van der Waals surface area contributed by atoms with Crippen molar-refractivity contribution in [3.05, 3.63) is 29.8 Å². The first-order valence-corrected chi connectivity index (χ1v) is 8.03. The maximum absolute atomic E-state index is 11.9. The Balaban J connectivity index is 2.40. The smallest absolute Gasteiger partial charge is 0.230 e. The molecule has 0 aliphatic rings. The van der Waals surface area contributed by atoms with Gasteiger partial charge in [0.25, 0.3) is 0 Å². The van der Waals surface area contributed by atoms with E-state index in [9.17, 15) is 9.59 Å². The van der Waals surface area contributed by atoms with Gasteiger partial charge in [0.1, 0.15) is 0 Å². The molecule has 1 N–H and O–H groups in total. The molecule has 0 radical (unpaired) electrons. The second-order valence-electron chi connectivity index (χ2n) is 5.18. The topological polar surface area (TPSA) is 55.4 Å². The second-order valence-corrected chi connectivity index (χ2v) is 6.23. The highest BCUT2D eigenvalue weighted by Crippen LogP contribution is 2.19. The Morgan fingerprint density at radius 1 is 1.24 bits per heavy atom. The standard InChI is InChI=1S/C16H23NO3S/c1-12(2)10-15(18)13-4-6-14(7-5-13)21-11-16(19)17-8-9-20-3/h4-7,12H,8-11H2,1-3H3,(H,17,19). The largest absolute Gasteiger partial charge is 0.383 e. The molecule has 4 nitrogen and oxygen atoms in total. The van der Waals surface area contributed by atoms with Crippen LogP contribution in [0.5, 0.6) is 0 Å². The average Bonchev–Trinajstić information content (AvgIpc) is 2.45. The first kappa shape index (κ1) is 17.7. The third-order valence-corrected chi connectivity index (χ3v) is 3.78. The van der Waals surface area contributed by atoms with Gasteiger partial charge in [-0.1, -0.05) is 26.0 Å². The zero-order valence-corrected chi connectivity index (χ0v) is 13.7. The van der Waals surface area contributed by atoms with Crippen molar-refractivity contribution < 1.29 is 14.3 Å². The van der Waals surface area contributed by atoms with Crippen LogP contribution in [0.4, 0.5) is 0 Å². The lowest BCUT2D eigenvalue weighted by molar-refractivity contribution is -0.118. The first-order chi connectivity index (χ1) is 10.0. The van der Waals surface area contributed by atoms with E-state index < -0.39 is 0 Å². The number of amides is 1. The molecule has 0 heterocycles. The molecule has 0 bridgehead atoms. The van der Waals surface area contributed by atoms with Crippen LogP contribution < -0.4 is 5.32 Å². The summed E-state index contributed by atoms with van der Waals surface area (Å²) in [7, 11) is 1.60. The molecule has 1 amide bonds. The highest BCUT2D eigenvalue weighted by atomic mass is 32.2. The number of hydrogen-bond acceptors (Lipinski definition) is 4. The molecule has 1 rings (SSSR count). The van der Waals surface area contributed by atoms with Crippen LogP contribution in [0.3, 0.4) is 0 Å². The summed E-state index contributed by atoms with van der Waals surface area (Å²) < 4.78 is 4.86. The van der Waals surface area contributed by atoms with Crippen molar-refractivity contribution in [3.63, 3.8) is 0 Å². The van der Waals surface area contributed by atoms with Gasteiger partial charge in [0.2, 0.25) is 5.91 Å². The van der Waals surface area contributed by atoms with Gasteiger partial charge in [0.15, 0.2) is 5.78 Å². The molecule has 1 aromatic carbocycles. The lowest BCUT2D eigenvalue weighted by atomic mass is 10.0. The van der Waals surface area contributed by atoms with Crippen LogP contribution in [0.1, 0.15) is 30.6 Å². The molecule has 0 saturated heterocycles. The Bertz CT molecular complexity index is 457. The maximum Gasteiger partial charge on any atom is 0.230 e. The summed E-state index contributed by atoms with van der Waals surface area (Å²) in [5, 5.41) is 2.77. The van der Waals surface area contributed by atoms with Gasteiger partial charge in [-0.25, -0.2) is 0 Å². The number of Topliss-reactive ketones (excluding diaryl/α,β-unsaturated/α-hetero) is 1. The van der Waals surface area contributed by atoms with E-state index in [2.05, 4.69) is 5.32 Å². The molecule has 0 aliphatic carbocycles. The zero-order chi connectivity index (χ0) is 15.7. The van der Waals surface area contributed by atoms with Crippen LogP contribution >= 0.6 is 11.8 Å². The zero-order valence-electron chi connectivity index (χ0n) is 12.8. The van der Waals surface area contributed by atoms with Crippen molar-refractivity contribution in [3.8, 4) is 0 Å². The van der Waals surface area contributed by atoms with Crippen molar-refractivity contribution in [2.75, 3.05) is 26.0 Å². The van der Waals surface area contributed by atoms with Crippen molar-refractivity contribution in [1.29, 1.82) is 0 Å². The van der Waals surface area contributed by atoms with Crippen LogP contribution in [0.25, 0.3) is 0 Å². The molecular weight excluding hydrogens is 286 g/mol. The number of ketones is 1. The molecular formula is C16H23NO3S. The molecule has 5 heteroatoms. The van der Waals surface area contributed by atoms with Gasteiger partial charge in [0.05, 0.1) is 12.4 Å². The number of hydrogen-bond donors (Lipinski definition) is 1. The predicted molar refractivity (Wildman–Crippen MR) is 85.8 cm³/mol. The highest BCUT2D eigenvalue weighted by Gasteiger charge is 2.08. The van der Waals surface area contributed by atoms with E-state index in [0.29, 0.717) is 31.2 Å². The molecule has 0 atom stereocenters. The fraction of sp³-hybridized carbons (Fsp3) is 0.500. The predicted octanol–water partition coefficient (Wildman–Crippen LogP) is 2.77. The third kappa shape index (κ3) is 7.29. The van der Waals surface area contributed by atoms with Gasteiger partial charge in [-0.3, -0.25) is 9.59 Å². The van der Waals surface area contributed by atoms with Crippen molar-refractivity contribution in [1.82, 2.24) is 5.32 Å². The molecule has 0 aliphatic heterocycles. The van der Waals surface area contributed by atoms with Crippen molar-refractivity contribution in [2.24, 2.45) is 5.92 Å². The average molecular weight is 309 g/mol. The minimum atomic E-state index is -0.0167. The quantitative estimate of drug-likeness (QED) is 0.433. The Kier molecular flexibility index (Phi) is 8.08. The number of rotatable bonds is 9. The molecule has 0 aromatic heterocycles. The van der Waals surface area contributed by atoms with E-state index in [0.717, 1.165) is 10.5 Å². The van der Waals surface area contributed by atoms with E-state index in [1.807, 2.05) is 38.1 Å². The first-order valence-electron chi connectivity index (χ1n) is 7.04. The number of nitrogens with one attached hydrogen (secondary N) is 1. The Morgan fingerprint density at radius 3 is 2.48 bits per heavy atom. The highest BCUT2D eigenvalue weighted by molar-refractivity contribution is 8.00. The van der Waals surface area contributed by atoms with Gasteiger partial charge in [-0.15, -0.1) is 11.8 Å². The van der Waals surface area contributed by atoms with E-state index in [4.69, 9.17) is 4.74 Å². The number of methoxy groups -OCH3 is 1. The van der Waals surface area contributed by atoms with Crippen molar-refractivity contribution >= 4 is 23.5 Å². The number of carbonyl (C=O) groups is 2. The molecule has 0 spiro atoms. The van der Waals surface area contributed by atoms with Gasteiger partial charge >= 0.3 is 0 Å². The number of carbonyl (C=O) groups excluding carboxylic acids is 2. The third-order valence-electron chi connectivity index (χ3n) is 2.77. The Labute approximate surface area is 130 Å². The fourth-order valence-corrected chi connectivity index (χ4v) is 2.45. The molecule has 0 saturated carbocycles. The molecule has 116 valence electrons. The van der Waals surface area contributed by atoms with Gasteiger partial charge in [0, 0.05) is 30.5 Å². The Morgan fingerprint density at radius 2 is 1.90 bits per heavy atom. The van der Waals surface area contributed by atoms with Crippen LogP contribution in [0, 0.1) is 5.92 Å². The van der Waals surface area contributed by atoms with E-state index >= 15 is 0 Å². The summed E-state index contributed by atoms with van der Waals surface area (Å²) in [6, 6.07) is 7.44. The second kappa shape index (κ2) is 9.58. The Hall–Kier alpha value is -1.33. The van der Waals surface area contributed by atoms with E-state index in [1.165, 1.54) is 11.8 Å². The van der Waals surface area contributed by atoms with Crippen LogP contribution in [0.2, 0.25) is 0 Å². The maximum atomic E-state index is 11.9. The summed E-state index contributed by atoms with van der Waals surface area (Å²) >= 11 is 1.46. The SMILES string of the molecule is COCCNC(=O)CSc1ccc(C(=O)CC(C)C)cc1. The number of benzene rings is 1. The van der Waals surface area contributed by atoms with Gasteiger partial charge in [-0.05, 0) is 18.1 Å². The monoisotopic (exact) mass is 309 g/mol. The lowest BCUT2D eigenvalue weighted by Gasteiger charge is -2.06.